The number of carbonyl (C=O) groups excluding carboxylic acids is 1. The molecular formula is C24H26N2O3. The summed E-state index contributed by atoms with van der Waals surface area (Å²) in [7, 11) is 1.67. The van der Waals surface area contributed by atoms with E-state index in [1.807, 2.05) is 73.7 Å². The molecule has 0 aromatic heterocycles. The number of aryl methyl sites for hydroxylation is 1. The lowest BCUT2D eigenvalue weighted by molar-refractivity contribution is -0.118. The molecule has 0 saturated heterocycles. The Kier molecular flexibility index (Phi) is 7.11. The molecule has 0 spiro atoms. The number of hydrogen-bond donors (Lipinski definition) is 2. The smallest absolute Gasteiger partial charge is 0.262 e. The van der Waals surface area contributed by atoms with Gasteiger partial charge in [-0.05, 0) is 67.4 Å². The molecule has 0 aliphatic heterocycles. The lowest BCUT2D eigenvalue weighted by Gasteiger charge is -2.10. The molecule has 0 bridgehead atoms. The number of methoxy groups -OCH3 is 1. The Balaban J connectivity index is 1.42. The van der Waals surface area contributed by atoms with Gasteiger partial charge in [0.25, 0.3) is 5.91 Å². The molecule has 2 N–H and O–H groups in total. The van der Waals surface area contributed by atoms with E-state index in [2.05, 4.69) is 16.7 Å². The van der Waals surface area contributed by atoms with Crippen LogP contribution in [0.25, 0.3) is 0 Å². The minimum absolute atomic E-state index is 0.0242. The largest absolute Gasteiger partial charge is 0.497 e. The quantitative estimate of drug-likeness (QED) is 0.557. The number of benzene rings is 3. The first kappa shape index (κ1) is 20.3. The van der Waals surface area contributed by atoms with Gasteiger partial charge >= 0.3 is 0 Å². The van der Waals surface area contributed by atoms with Gasteiger partial charge in [-0.2, -0.15) is 0 Å². The summed E-state index contributed by atoms with van der Waals surface area (Å²) in [5.74, 6) is 1.36. The normalized spacial score (nSPS) is 10.3. The Hall–Kier alpha value is -3.47. The van der Waals surface area contributed by atoms with Crippen molar-refractivity contribution in [2.75, 3.05) is 30.9 Å². The Morgan fingerprint density at radius 3 is 2.34 bits per heavy atom. The van der Waals surface area contributed by atoms with Gasteiger partial charge in [-0.15, -0.1) is 0 Å². The van der Waals surface area contributed by atoms with Crippen molar-refractivity contribution in [1.82, 2.24) is 0 Å². The van der Waals surface area contributed by atoms with Crippen LogP contribution in [0.4, 0.5) is 11.4 Å². The molecule has 0 unspecified atom stereocenters. The number of carbonyl (C=O) groups is 1. The first-order valence-electron chi connectivity index (χ1n) is 9.58. The molecule has 5 nitrogen and oxygen atoms in total. The van der Waals surface area contributed by atoms with Gasteiger partial charge in [0.15, 0.2) is 6.61 Å². The zero-order valence-corrected chi connectivity index (χ0v) is 16.8. The van der Waals surface area contributed by atoms with Crippen LogP contribution in [-0.4, -0.2) is 26.2 Å². The molecule has 0 aliphatic carbocycles. The summed E-state index contributed by atoms with van der Waals surface area (Å²) in [5, 5.41) is 6.22. The summed E-state index contributed by atoms with van der Waals surface area (Å²) in [6.45, 7) is 2.79. The Labute approximate surface area is 171 Å². The van der Waals surface area contributed by atoms with Gasteiger partial charge in [-0.25, -0.2) is 0 Å². The summed E-state index contributed by atoms with van der Waals surface area (Å²) >= 11 is 0. The maximum Gasteiger partial charge on any atom is 0.262 e. The summed E-state index contributed by atoms with van der Waals surface area (Å²) < 4.78 is 10.7. The number of nitrogens with one attached hydrogen (secondary N) is 2. The van der Waals surface area contributed by atoms with E-state index in [4.69, 9.17) is 9.47 Å². The van der Waals surface area contributed by atoms with Crippen LogP contribution < -0.4 is 20.1 Å². The minimum Gasteiger partial charge on any atom is -0.497 e. The van der Waals surface area contributed by atoms with Crippen LogP contribution in [-0.2, 0) is 11.2 Å². The van der Waals surface area contributed by atoms with Crippen LogP contribution in [0.5, 0.6) is 11.5 Å². The van der Waals surface area contributed by atoms with Crippen molar-refractivity contribution in [1.29, 1.82) is 0 Å². The van der Waals surface area contributed by atoms with Crippen LogP contribution in [0.15, 0.2) is 72.8 Å². The molecule has 3 aromatic rings. The van der Waals surface area contributed by atoms with Crippen LogP contribution in [0.2, 0.25) is 0 Å². The molecule has 3 rings (SSSR count). The average Bonchev–Trinajstić information content (AvgIpc) is 2.75. The third-order valence-corrected chi connectivity index (χ3v) is 4.44. The molecule has 29 heavy (non-hydrogen) atoms. The van der Waals surface area contributed by atoms with Crippen molar-refractivity contribution in [2.24, 2.45) is 0 Å². The van der Waals surface area contributed by atoms with Crippen LogP contribution in [0.3, 0.4) is 0 Å². The topological polar surface area (TPSA) is 59.6 Å². The molecule has 0 fully saturated rings. The highest BCUT2D eigenvalue weighted by atomic mass is 16.5. The van der Waals surface area contributed by atoms with Crippen molar-refractivity contribution in [2.45, 2.75) is 13.3 Å². The standard InChI is InChI=1S/C24H26N2O3/c1-18-6-12-22(13-7-18)29-17-24(27)26-21-10-8-20(9-11-21)25-15-14-19-4-3-5-23(16-19)28-2/h3-13,16,25H,14-15,17H2,1-2H3,(H,26,27). The number of rotatable bonds is 9. The van der Waals surface area contributed by atoms with Gasteiger partial charge in [-0.3, -0.25) is 4.79 Å². The zero-order valence-electron chi connectivity index (χ0n) is 16.8. The van der Waals surface area contributed by atoms with Crippen LogP contribution >= 0.6 is 0 Å². The van der Waals surface area contributed by atoms with E-state index in [-0.39, 0.29) is 12.5 Å². The van der Waals surface area contributed by atoms with E-state index in [9.17, 15) is 4.79 Å². The van der Waals surface area contributed by atoms with Crippen molar-refractivity contribution in [3.63, 3.8) is 0 Å². The molecule has 5 heteroatoms. The van der Waals surface area contributed by atoms with Crippen LogP contribution in [0.1, 0.15) is 11.1 Å². The maximum absolute atomic E-state index is 12.1. The van der Waals surface area contributed by atoms with Crippen molar-refractivity contribution < 1.29 is 14.3 Å². The molecule has 1 amide bonds. The van der Waals surface area contributed by atoms with Gasteiger partial charge in [0.2, 0.25) is 0 Å². The zero-order chi connectivity index (χ0) is 20.5. The second kappa shape index (κ2) is 10.2. The summed E-state index contributed by atoms with van der Waals surface area (Å²) in [6, 6.07) is 23.3. The second-order valence-electron chi connectivity index (χ2n) is 6.76. The molecule has 150 valence electrons. The summed E-state index contributed by atoms with van der Waals surface area (Å²) in [5.41, 5.74) is 4.11. The first-order chi connectivity index (χ1) is 14.1. The third-order valence-electron chi connectivity index (χ3n) is 4.44. The highest BCUT2D eigenvalue weighted by molar-refractivity contribution is 5.92. The van der Waals surface area contributed by atoms with Gasteiger partial charge in [0.05, 0.1) is 7.11 Å². The average molecular weight is 390 g/mol. The lowest BCUT2D eigenvalue weighted by Crippen LogP contribution is -2.20. The SMILES string of the molecule is COc1cccc(CCNc2ccc(NC(=O)COc3ccc(C)cc3)cc2)c1. The molecule has 0 atom stereocenters. The highest BCUT2D eigenvalue weighted by Crippen LogP contribution is 2.16. The fourth-order valence-electron chi connectivity index (χ4n) is 2.83. The van der Waals surface area contributed by atoms with E-state index in [1.165, 1.54) is 5.56 Å². The Bertz CT molecular complexity index is 922. The number of amides is 1. The first-order valence-corrected chi connectivity index (χ1v) is 9.58. The second-order valence-corrected chi connectivity index (χ2v) is 6.76. The Morgan fingerprint density at radius 2 is 1.62 bits per heavy atom. The van der Waals surface area contributed by atoms with Crippen molar-refractivity contribution in [3.8, 4) is 11.5 Å². The van der Waals surface area contributed by atoms with Gasteiger partial charge < -0.3 is 20.1 Å². The van der Waals surface area contributed by atoms with E-state index in [0.29, 0.717) is 5.75 Å². The monoisotopic (exact) mass is 390 g/mol. The summed E-state index contributed by atoms with van der Waals surface area (Å²) in [4.78, 5) is 12.1. The van der Waals surface area contributed by atoms with Gasteiger partial charge in [0.1, 0.15) is 11.5 Å². The van der Waals surface area contributed by atoms with E-state index < -0.39 is 0 Å². The van der Waals surface area contributed by atoms with Crippen LogP contribution in [0, 0.1) is 6.92 Å². The summed E-state index contributed by atoms with van der Waals surface area (Å²) in [6.07, 6.45) is 0.895. The lowest BCUT2D eigenvalue weighted by atomic mass is 10.1. The van der Waals surface area contributed by atoms with E-state index in [0.717, 1.165) is 35.7 Å². The fraction of sp³-hybridized carbons (Fsp3) is 0.208. The highest BCUT2D eigenvalue weighted by Gasteiger charge is 2.04. The van der Waals surface area contributed by atoms with Gasteiger partial charge in [0, 0.05) is 17.9 Å². The van der Waals surface area contributed by atoms with Crippen molar-refractivity contribution >= 4 is 17.3 Å². The van der Waals surface area contributed by atoms with E-state index >= 15 is 0 Å². The molecule has 0 radical (unpaired) electrons. The molecule has 0 heterocycles. The number of hydrogen-bond acceptors (Lipinski definition) is 4. The molecule has 0 saturated carbocycles. The third kappa shape index (κ3) is 6.57. The Morgan fingerprint density at radius 1 is 0.897 bits per heavy atom. The predicted octanol–water partition coefficient (Wildman–Crippen LogP) is 4.68. The fourth-order valence-corrected chi connectivity index (χ4v) is 2.83. The molecule has 3 aromatic carbocycles. The number of ether oxygens (including phenoxy) is 2. The van der Waals surface area contributed by atoms with E-state index in [1.54, 1.807) is 7.11 Å². The molecule has 0 aliphatic rings. The van der Waals surface area contributed by atoms with Gasteiger partial charge in [-0.1, -0.05) is 29.8 Å². The predicted molar refractivity (Wildman–Crippen MR) is 117 cm³/mol. The minimum atomic E-state index is -0.190. The maximum atomic E-state index is 12.1. The molecular weight excluding hydrogens is 364 g/mol. The number of anilines is 2. The van der Waals surface area contributed by atoms with Crippen molar-refractivity contribution in [3.05, 3.63) is 83.9 Å².